The van der Waals surface area contributed by atoms with Gasteiger partial charge in [0, 0.05) is 12.5 Å². The molecule has 0 spiro atoms. The predicted molar refractivity (Wildman–Crippen MR) is 71.2 cm³/mol. The van der Waals surface area contributed by atoms with Crippen molar-refractivity contribution in [3.8, 4) is 0 Å². The van der Waals surface area contributed by atoms with Crippen molar-refractivity contribution in [2.75, 3.05) is 27.7 Å². The number of likely N-dealkylation sites (N-methyl/N-ethyl adjacent to an activating group) is 1. The summed E-state index contributed by atoms with van der Waals surface area (Å²) in [6, 6.07) is 0.0210. The molecule has 6 nitrogen and oxygen atoms in total. The van der Waals surface area contributed by atoms with Crippen molar-refractivity contribution in [3.63, 3.8) is 0 Å². The zero-order valence-corrected chi connectivity index (χ0v) is 13.2. The Morgan fingerprint density at radius 2 is 2.00 bits per heavy atom. The molecule has 0 aromatic rings. The Balaban J connectivity index is 4.49. The fourth-order valence-electron chi connectivity index (χ4n) is 1.51. The maximum atomic E-state index is 11.5. The van der Waals surface area contributed by atoms with Crippen molar-refractivity contribution in [3.05, 3.63) is 12.2 Å². The van der Waals surface area contributed by atoms with E-state index in [2.05, 4.69) is 4.52 Å². The van der Waals surface area contributed by atoms with Gasteiger partial charge in [-0.3, -0.25) is 4.57 Å². The number of phosphoric ester groups is 1. The van der Waals surface area contributed by atoms with Gasteiger partial charge in [0.1, 0.15) is 12.6 Å². The molecule has 0 bridgehead atoms. The fraction of sp³-hybridized carbons (Fsp3) is 0.750. The summed E-state index contributed by atoms with van der Waals surface area (Å²) in [7, 11) is 1.30. The summed E-state index contributed by atoms with van der Waals surface area (Å²) in [6.45, 7) is 3.61. The van der Waals surface area contributed by atoms with E-state index < -0.39 is 13.8 Å². The van der Waals surface area contributed by atoms with Crippen LogP contribution in [0.1, 0.15) is 26.7 Å². The third kappa shape index (κ3) is 8.16. The summed E-state index contributed by atoms with van der Waals surface area (Å²) < 4.78 is 21.1. The van der Waals surface area contributed by atoms with Gasteiger partial charge in [0.05, 0.1) is 21.1 Å². The van der Waals surface area contributed by atoms with Crippen LogP contribution in [-0.2, 0) is 18.4 Å². The summed E-state index contributed by atoms with van der Waals surface area (Å²) in [5.74, 6) is -0.946. The topological polar surface area (TPSA) is 75.7 Å². The second-order valence-corrected chi connectivity index (χ2v) is 6.55. The minimum Gasteiger partial charge on any atom is -0.746 e. The van der Waals surface area contributed by atoms with Gasteiger partial charge in [-0.25, -0.2) is 4.79 Å². The first-order valence-corrected chi connectivity index (χ1v) is 7.71. The van der Waals surface area contributed by atoms with Gasteiger partial charge in [-0.2, -0.15) is 0 Å². The van der Waals surface area contributed by atoms with Crippen LogP contribution in [0.3, 0.4) is 0 Å². The second-order valence-electron chi connectivity index (χ2n) is 5.21. The molecular weight excluding hydrogens is 269 g/mol. The van der Waals surface area contributed by atoms with Gasteiger partial charge in [-0.1, -0.05) is 19.4 Å². The Morgan fingerprint density at radius 3 is 2.42 bits per heavy atom. The van der Waals surface area contributed by atoms with Crippen molar-refractivity contribution >= 4 is 13.8 Å². The third-order valence-corrected chi connectivity index (χ3v) is 3.52. The molecule has 0 amide bonds. The van der Waals surface area contributed by atoms with Gasteiger partial charge in [-0.15, -0.1) is 0 Å². The van der Waals surface area contributed by atoms with E-state index in [0.29, 0.717) is 4.48 Å². The number of hydrogen-bond acceptors (Lipinski definition) is 5. The molecule has 0 aliphatic carbocycles. The number of nitrogens with zero attached hydrogens (tertiary/aromatic N) is 1. The van der Waals surface area contributed by atoms with Crippen molar-refractivity contribution in [1.29, 1.82) is 0 Å². The fourth-order valence-corrected chi connectivity index (χ4v) is 2.20. The van der Waals surface area contributed by atoms with Crippen LogP contribution in [0.5, 0.6) is 0 Å². The molecule has 0 fully saturated rings. The molecule has 0 aliphatic rings. The van der Waals surface area contributed by atoms with E-state index in [1.807, 2.05) is 28.1 Å². The van der Waals surface area contributed by atoms with Crippen LogP contribution < -0.4 is 4.89 Å². The molecule has 0 rings (SSSR count). The van der Waals surface area contributed by atoms with Crippen LogP contribution in [0.25, 0.3) is 0 Å². The van der Waals surface area contributed by atoms with E-state index in [1.165, 1.54) is 6.08 Å². The number of carbonyl (C=O) groups excluding carboxylic acids is 1. The monoisotopic (exact) mass is 293 g/mol. The Bertz CT molecular complexity index is 362. The average molecular weight is 293 g/mol. The minimum absolute atomic E-state index is 0.00123. The number of phosphoric acid groups is 1. The maximum Gasteiger partial charge on any atom is 0.336 e. The quantitative estimate of drug-likeness (QED) is 0.385. The first-order valence-electron chi connectivity index (χ1n) is 6.25. The molecule has 0 heterocycles. The molecule has 19 heavy (non-hydrogen) atoms. The summed E-state index contributed by atoms with van der Waals surface area (Å²) in [5.41, 5.74) is 0. The smallest absolute Gasteiger partial charge is 0.336 e. The molecule has 112 valence electrons. The van der Waals surface area contributed by atoms with E-state index in [1.54, 1.807) is 6.92 Å². The Labute approximate surface area is 115 Å². The number of quaternary nitrogens is 1. The predicted octanol–water partition coefficient (Wildman–Crippen LogP) is 1.47. The van der Waals surface area contributed by atoms with Gasteiger partial charge in [0.25, 0.3) is 0 Å². The van der Waals surface area contributed by atoms with Crippen molar-refractivity contribution in [2.45, 2.75) is 32.7 Å². The number of allylic oxidation sites excluding steroid dienone is 1. The zero-order valence-electron chi connectivity index (χ0n) is 12.3. The molecule has 7 heteroatoms. The largest absolute Gasteiger partial charge is 0.746 e. The van der Waals surface area contributed by atoms with E-state index in [-0.39, 0.29) is 12.6 Å². The van der Waals surface area contributed by atoms with Crippen LogP contribution >= 0.6 is 7.82 Å². The van der Waals surface area contributed by atoms with Crippen LogP contribution in [-0.4, -0.2) is 44.2 Å². The van der Waals surface area contributed by atoms with Crippen LogP contribution in [0.2, 0.25) is 0 Å². The van der Waals surface area contributed by atoms with E-state index in [4.69, 9.17) is 4.52 Å². The van der Waals surface area contributed by atoms with E-state index in [0.717, 1.165) is 18.9 Å². The van der Waals surface area contributed by atoms with Gasteiger partial charge in [0.2, 0.25) is 0 Å². The van der Waals surface area contributed by atoms with Crippen LogP contribution in [0.15, 0.2) is 12.2 Å². The van der Waals surface area contributed by atoms with Crippen molar-refractivity contribution < 1.29 is 27.8 Å². The highest BCUT2D eigenvalue weighted by molar-refractivity contribution is 7.46. The highest BCUT2D eigenvalue weighted by Gasteiger charge is 2.26. The summed E-state index contributed by atoms with van der Waals surface area (Å²) in [6.07, 6.45) is 4.17. The zero-order chi connectivity index (χ0) is 15.1. The van der Waals surface area contributed by atoms with Crippen LogP contribution in [0, 0.1) is 0 Å². The van der Waals surface area contributed by atoms with E-state index in [9.17, 15) is 14.3 Å². The SMILES string of the molecule is CC=CC(=O)OP(=O)([O-])OCC(CCC)[N+](C)(C)C. The molecule has 0 aliphatic heterocycles. The molecule has 0 radical (unpaired) electrons. The lowest BCUT2D eigenvalue weighted by atomic mass is 10.1. The molecular formula is C12H24NO5P. The first kappa shape index (κ1) is 18.3. The number of carbonyl (C=O) groups is 1. The first-order chi connectivity index (χ1) is 8.62. The second kappa shape index (κ2) is 7.80. The van der Waals surface area contributed by atoms with Crippen molar-refractivity contribution in [2.24, 2.45) is 0 Å². The molecule has 0 aromatic carbocycles. The summed E-state index contributed by atoms with van der Waals surface area (Å²) in [5, 5.41) is 0. The third-order valence-electron chi connectivity index (χ3n) is 2.65. The van der Waals surface area contributed by atoms with Gasteiger partial charge >= 0.3 is 13.8 Å². The lowest BCUT2D eigenvalue weighted by Crippen LogP contribution is -2.47. The Morgan fingerprint density at radius 1 is 1.42 bits per heavy atom. The lowest BCUT2D eigenvalue weighted by Gasteiger charge is -2.35. The Hall–Kier alpha value is -0.680. The lowest BCUT2D eigenvalue weighted by molar-refractivity contribution is -0.896. The highest BCUT2D eigenvalue weighted by Crippen LogP contribution is 2.39. The summed E-state index contributed by atoms with van der Waals surface area (Å²) >= 11 is 0. The molecule has 2 atom stereocenters. The molecule has 0 saturated heterocycles. The minimum atomic E-state index is -4.59. The normalized spacial score (nSPS) is 17.2. The molecule has 2 unspecified atom stereocenters. The van der Waals surface area contributed by atoms with Crippen LogP contribution in [0.4, 0.5) is 0 Å². The molecule has 0 saturated carbocycles. The number of hydrogen-bond donors (Lipinski definition) is 0. The highest BCUT2D eigenvalue weighted by atomic mass is 31.2. The van der Waals surface area contributed by atoms with Gasteiger partial charge < -0.3 is 18.4 Å². The maximum absolute atomic E-state index is 11.5. The standard InChI is InChI=1S/C12H24NO5P/c1-6-8-11(13(3,4)5)10-17-19(15,16)18-12(14)9-7-2/h7,9,11H,6,8,10H2,1-5H3. The van der Waals surface area contributed by atoms with Crippen molar-refractivity contribution in [1.82, 2.24) is 0 Å². The number of rotatable bonds is 8. The molecule has 0 N–H and O–H groups in total. The van der Waals surface area contributed by atoms with Gasteiger partial charge in [0.15, 0.2) is 0 Å². The molecule has 0 aromatic heterocycles. The Kier molecular flexibility index (Phi) is 7.52. The average Bonchev–Trinajstić information content (AvgIpc) is 2.21. The van der Waals surface area contributed by atoms with Gasteiger partial charge in [-0.05, 0) is 6.92 Å². The van der Waals surface area contributed by atoms with E-state index >= 15 is 0 Å². The summed E-state index contributed by atoms with van der Waals surface area (Å²) in [4.78, 5) is 22.5.